The number of aromatic nitrogens is 2. The standard InChI is InChI=1S/C25H38N4O/c1-18(2)16-29-20(4)23(19(3)27-29)15-25(30)26-24-14-10-9-11-21(24)17-28(5)22-12-7-6-8-13-22/h9-11,14,18,22H,6-8,12-13,15-17H2,1-5H3,(H,26,30). The van der Waals surface area contributed by atoms with Crippen LogP contribution in [0.4, 0.5) is 5.69 Å². The largest absolute Gasteiger partial charge is 0.325 e. The maximum absolute atomic E-state index is 12.9. The number of rotatable bonds is 8. The quantitative estimate of drug-likeness (QED) is 0.658. The lowest BCUT2D eigenvalue weighted by molar-refractivity contribution is -0.115. The van der Waals surface area contributed by atoms with Gasteiger partial charge in [-0.05, 0) is 51.3 Å². The van der Waals surface area contributed by atoms with Gasteiger partial charge in [-0.25, -0.2) is 0 Å². The van der Waals surface area contributed by atoms with Crippen molar-refractivity contribution in [2.24, 2.45) is 5.92 Å². The van der Waals surface area contributed by atoms with Crippen molar-refractivity contribution in [1.82, 2.24) is 14.7 Å². The van der Waals surface area contributed by atoms with Crippen molar-refractivity contribution >= 4 is 11.6 Å². The summed E-state index contributed by atoms with van der Waals surface area (Å²) in [4.78, 5) is 15.3. The van der Waals surface area contributed by atoms with Crippen molar-refractivity contribution in [2.75, 3.05) is 12.4 Å². The van der Waals surface area contributed by atoms with Crippen LogP contribution in [0.15, 0.2) is 24.3 Å². The van der Waals surface area contributed by atoms with Crippen LogP contribution in [0.3, 0.4) is 0 Å². The van der Waals surface area contributed by atoms with E-state index in [9.17, 15) is 4.79 Å². The monoisotopic (exact) mass is 410 g/mol. The Bertz CT molecular complexity index is 849. The van der Waals surface area contributed by atoms with Crippen molar-refractivity contribution in [3.63, 3.8) is 0 Å². The molecule has 0 atom stereocenters. The summed E-state index contributed by atoms with van der Waals surface area (Å²) in [6.07, 6.45) is 6.95. The van der Waals surface area contributed by atoms with Crippen molar-refractivity contribution < 1.29 is 4.79 Å². The van der Waals surface area contributed by atoms with Gasteiger partial charge in [0.25, 0.3) is 0 Å². The first-order chi connectivity index (χ1) is 14.3. The zero-order valence-electron chi connectivity index (χ0n) is 19.4. The highest BCUT2D eigenvalue weighted by atomic mass is 16.1. The third kappa shape index (κ3) is 5.72. The average Bonchev–Trinajstić information content (AvgIpc) is 2.97. The summed E-state index contributed by atoms with van der Waals surface area (Å²) in [5, 5.41) is 7.82. The average molecular weight is 411 g/mol. The van der Waals surface area contributed by atoms with Crippen LogP contribution in [0.1, 0.15) is 68.5 Å². The Balaban J connectivity index is 1.67. The molecule has 0 bridgehead atoms. The summed E-state index contributed by atoms with van der Waals surface area (Å²) in [5.41, 5.74) is 5.21. The first-order valence-corrected chi connectivity index (χ1v) is 11.5. The summed E-state index contributed by atoms with van der Waals surface area (Å²) in [6.45, 7) is 10.2. The molecule has 1 fully saturated rings. The van der Waals surface area contributed by atoms with Crippen LogP contribution in [0.5, 0.6) is 0 Å². The van der Waals surface area contributed by atoms with Gasteiger partial charge in [0.15, 0.2) is 0 Å². The molecule has 5 nitrogen and oxygen atoms in total. The molecule has 1 saturated carbocycles. The van der Waals surface area contributed by atoms with E-state index in [1.165, 1.54) is 37.7 Å². The molecule has 0 saturated heterocycles. The maximum Gasteiger partial charge on any atom is 0.228 e. The van der Waals surface area contributed by atoms with Crippen molar-refractivity contribution in [3.05, 3.63) is 46.8 Å². The molecular formula is C25H38N4O. The summed E-state index contributed by atoms with van der Waals surface area (Å²) >= 11 is 0. The third-order valence-corrected chi connectivity index (χ3v) is 6.32. The Morgan fingerprint density at radius 2 is 1.90 bits per heavy atom. The number of aryl methyl sites for hydroxylation is 1. The molecule has 30 heavy (non-hydrogen) atoms. The Kier molecular flexibility index (Phi) is 7.70. The van der Waals surface area contributed by atoms with Crippen LogP contribution in [-0.4, -0.2) is 33.7 Å². The van der Waals surface area contributed by atoms with Crippen LogP contribution in [-0.2, 0) is 24.3 Å². The van der Waals surface area contributed by atoms with Gasteiger partial charge >= 0.3 is 0 Å². The second-order valence-electron chi connectivity index (χ2n) is 9.31. The molecule has 1 N–H and O–H groups in total. The third-order valence-electron chi connectivity index (χ3n) is 6.32. The minimum Gasteiger partial charge on any atom is -0.325 e. The molecule has 1 amide bonds. The number of carbonyl (C=O) groups excluding carboxylic acids is 1. The highest BCUT2D eigenvalue weighted by Crippen LogP contribution is 2.25. The van der Waals surface area contributed by atoms with Gasteiger partial charge in [0.05, 0.1) is 12.1 Å². The van der Waals surface area contributed by atoms with Crippen LogP contribution in [0.25, 0.3) is 0 Å². The minimum atomic E-state index is 0.0260. The number of hydrogen-bond acceptors (Lipinski definition) is 3. The summed E-state index contributed by atoms with van der Waals surface area (Å²) in [5.74, 6) is 0.552. The van der Waals surface area contributed by atoms with Crippen molar-refractivity contribution in [1.29, 1.82) is 0 Å². The van der Waals surface area contributed by atoms with Crippen molar-refractivity contribution in [3.8, 4) is 0 Å². The van der Waals surface area contributed by atoms with Gasteiger partial charge in [-0.15, -0.1) is 0 Å². The molecule has 3 rings (SSSR count). The van der Waals surface area contributed by atoms with Gasteiger partial charge < -0.3 is 5.32 Å². The highest BCUT2D eigenvalue weighted by molar-refractivity contribution is 5.93. The predicted molar refractivity (Wildman–Crippen MR) is 124 cm³/mol. The van der Waals surface area contributed by atoms with Crippen LogP contribution in [0.2, 0.25) is 0 Å². The predicted octanol–water partition coefficient (Wildman–Crippen LogP) is 5.10. The van der Waals surface area contributed by atoms with Gasteiger partial charge in [0, 0.05) is 36.1 Å². The zero-order chi connectivity index (χ0) is 21.7. The fourth-order valence-electron chi connectivity index (χ4n) is 4.57. The number of amides is 1. The maximum atomic E-state index is 12.9. The van der Waals surface area contributed by atoms with Gasteiger partial charge in [0.1, 0.15) is 0 Å². The number of benzene rings is 1. The van der Waals surface area contributed by atoms with E-state index in [-0.39, 0.29) is 5.91 Å². The zero-order valence-corrected chi connectivity index (χ0v) is 19.4. The first-order valence-electron chi connectivity index (χ1n) is 11.5. The first kappa shape index (κ1) is 22.5. The molecule has 0 radical (unpaired) electrons. The summed E-state index contributed by atoms with van der Waals surface area (Å²) < 4.78 is 2.04. The van der Waals surface area contributed by atoms with Gasteiger partial charge in [-0.3, -0.25) is 14.4 Å². The summed E-state index contributed by atoms with van der Waals surface area (Å²) in [7, 11) is 2.21. The molecule has 1 aliphatic carbocycles. The van der Waals surface area contributed by atoms with Crippen LogP contribution in [0, 0.1) is 19.8 Å². The number of hydrogen-bond donors (Lipinski definition) is 1. The number of nitrogens with zero attached hydrogens (tertiary/aromatic N) is 3. The molecule has 5 heteroatoms. The second kappa shape index (κ2) is 10.3. The SMILES string of the molecule is Cc1nn(CC(C)C)c(C)c1CC(=O)Nc1ccccc1CN(C)C1CCCCC1. The molecule has 0 aliphatic heterocycles. The van der Waals surface area contributed by atoms with E-state index in [2.05, 4.69) is 55.3 Å². The lowest BCUT2D eigenvalue weighted by atomic mass is 9.94. The molecular weight excluding hydrogens is 372 g/mol. The van der Waals surface area contributed by atoms with Crippen LogP contribution >= 0.6 is 0 Å². The summed E-state index contributed by atoms with van der Waals surface area (Å²) in [6, 6.07) is 8.86. The number of carbonyl (C=O) groups is 1. The molecule has 1 heterocycles. The van der Waals surface area contributed by atoms with E-state index in [4.69, 9.17) is 0 Å². The Morgan fingerprint density at radius 3 is 2.60 bits per heavy atom. The van der Waals surface area contributed by atoms with E-state index < -0.39 is 0 Å². The van der Waals surface area contributed by atoms with E-state index in [1.807, 2.05) is 23.7 Å². The lowest BCUT2D eigenvalue weighted by Gasteiger charge is -2.31. The lowest BCUT2D eigenvalue weighted by Crippen LogP contribution is -2.33. The van der Waals surface area contributed by atoms with Gasteiger partial charge in [0.2, 0.25) is 5.91 Å². The van der Waals surface area contributed by atoms with E-state index in [1.54, 1.807) is 0 Å². The number of nitrogens with one attached hydrogen (secondary N) is 1. The highest BCUT2D eigenvalue weighted by Gasteiger charge is 2.20. The molecule has 164 valence electrons. The van der Waals surface area contributed by atoms with Crippen LogP contribution < -0.4 is 5.32 Å². The van der Waals surface area contributed by atoms with E-state index in [0.29, 0.717) is 18.4 Å². The fourth-order valence-corrected chi connectivity index (χ4v) is 4.57. The molecule has 0 spiro atoms. The van der Waals surface area contributed by atoms with E-state index >= 15 is 0 Å². The van der Waals surface area contributed by atoms with Crippen molar-refractivity contribution in [2.45, 2.75) is 85.4 Å². The Labute approximate surface area is 181 Å². The van der Waals surface area contributed by atoms with Gasteiger partial charge in [-0.2, -0.15) is 5.10 Å². The number of anilines is 1. The fraction of sp³-hybridized carbons (Fsp3) is 0.600. The molecule has 1 aromatic carbocycles. The molecule has 2 aromatic rings. The van der Waals surface area contributed by atoms with Gasteiger partial charge in [-0.1, -0.05) is 51.3 Å². The smallest absolute Gasteiger partial charge is 0.228 e. The Hall–Kier alpha value is -2.14. The molecule has 0 unspecified atom stereocenters. The number of para-hydroxylation sites is 1. The second-order valence-corrected chi connectivity index (χ2v) is 9.31. The van der Waals surface area contributed by atoms with E-state index in [0.717, 1.165) is 35.7 Å². The topological polar surface area (TPSA) is 50.2 Å². The Morgan fingerprint density at radius 1 is 1.20 bits per heavy atom. The molecule has 1 aromatic heterocycles. The minimum absolute atomic E-state index is 0.0260. The molecule has 1 aliphatic rings. The normalized spacial score (nSPS) is 15.2.